The van der Waals surface area contributed by atoms with E-state index in [0.717, 1.165) is 0 Å². The van der Waals surface area contributed by atoms with Crippen LogP contribution in [0.2, 0.25) is 0 Å². The fourth-order valence-corrected chi connectivity index (χ4v) is 5.14. The molecule has 1 unspecified atom stereocenters. The van der Waals surface area contributed by atoms with E-state index >= 15 is 0 Å². The number of benzene rings is 1. The van der Waals surface area contributed by atoms with Crippen molar-refractivity contribution in [2.75, 3.05) is 5.32 Å². The van der Waals surface area contributed by atoms with Gasteiger partial charge in [0.1, 0.15) is 0 Å². The Morgan fingerprint density at radius 1 is 1.25 bits per heavy atom. The number of H-pyrrole nitrogens is 1. The van der Waals surface area contributed by atoms with Gasteiger partial charge in [0.15, 0.2) is 0 Å². The van der Waals surface area contributed by atoms with E-state index in [2.05, 4.69) is 63.2 Å². The Hall–Kier alpha value is -1.01. The van der Waals surface area contributed by atoms with Gasteiger partial charge >= 0.3 is 0 Å². The number of hydrogen-bond acceptors (Lipinski definition) is 2. The van der Waals surface area contributed by atoms with Gasteiger partial charge in [0, 0.05) is 27.7 Å². The summed E-state index contributed by atoms with van der Waals surface area (Å²) in [6.07, 6.45) is 5.76. The van der Waals surface area contributed by atoms with Crippen LogP contribution in [-0.2, 0) is 6.42 Å². The number of anilines is 1. The minimum Gasteiger partial charge on any atom is -0.378 e. The van der Waals surface area contributed by atoms with E-state index in [9.17, 15) is 0 Å². The van der Waals surface area contributed by atoms with E-state index in [4.69, 9.17) is 0 Å². The van der Waals surface area contributed by atoms with Gasteiger partial charge in [-0.25, -0.2) is 0 Å². The summed E-state index contributed by atoms with van der Waals surface area (Å²) in [6, 6.07) is 11.5. The summed E-state index contributed by atoms with van der Waals surface area (Å²) in [5.74, 6) is 0. The minimum atomic E-state index is 0.468. The zero-order chi connectivity index (χ0) is 13.5. The molecule has 1 aliphatic rings. The molecule has 0 radical (unpaired) electrons. The highest BCUT2D eigenvalue weighted by molar-refractivity contribution is 14.1. The fraction of sp³-hybridized carbons (Fsp3) is 0.250. The lowest BCUT2D eigenvalue weighted by Gasteiger charge is -2.24. The van der Waals surface area contributed by atoms with Crippen LogP contribution in [0.1, 0.15) is 29.3 Å². The lowest BCUT2D eigenvalue weighted by atomic mass is 9.94. The molecule has 1 aliphatic carbocycles. The molecular formula is C16H15IN2S. The monoisotopic (exact) mass is 394 g/mol. The Labute approximate surface area is 135 Å². The van der Waals surface area contributed by atoms with Crippen molar-refractivity contribution in [3.05, 3.63) is 49.9 Å². The van der Waals surface area contributed by atoms with E-state index < -0.39 is 0 Å². The number of aryl methyl sites for hydroxylation is 1. The zero-order valence-electron chi connectivity index (χ0n) is 10.9. The standard InChI is InChI=1S/C16H15IN2S/c17-16-9-12-14(2-1-3-15(12)20-16)19-11-4-5-13-10(8-11)6-7-18-13/h4-9,14,18-19H,1-3H2. The Morgan fingerprint density at radius 3 is 3.15 bits per heavy atom. The van der Waals surface area contributed by atoms with Crippen molar-refractivity contribution in [1.29, 1.82) is 0 Å². The molecule has 0 saturated carbocycles. The van der Waals surface area contributed by atoms with Gasteiger partial charge in [-0.1, -0.05) is 0 Å². The van der Waals surface area contributed by atoms with Gasteiger partial charge in [-0.05, 0) is 77.7 Å². The SMILES string of the molecule is Ic1cc2c(s1)CCCC2Nc1ccc2[nH]ccc2c1. The molecule has 0 spiro atoms. The van der Waals surface area contributed by atoms with Crippen LogP contribution in [0.25, 0.3) is 10.9 Å². The van der Waals surface area contributed by atoms with Crippen LogP contribution in [-0.4, -0.2) is 4.98 Å². The summed E-state index contributed by atoms with van der Waals surface area (Å²) >= 11 is 4.39. The topological polar surface area (TPSA) is 27.8 Å². The van der Waals surface area contributed by atoms with E-state index in [1.54, 1.807) is 4.88 Å². The lowest BCUT2D eigenvalue weighted by molar-refractivity contribution is 0.609. The number of aromatic nitrogens is 1. The highest BCUT2D eigenvalue weighted by Crippen LogP contribution is 2.38. The molecule has 0 bridgehead atoms. The van der Waals surface area contributed by atoms with E-state index in [1.807, 2.05) is 17.5 Å². The molecule has 3 aromatic rings. The third kappa shape index (κ3) is 2.24. The Balaban J connectivity index is 1.65. The second-order valence-corrected chi connectivity index (χ2v) is 8.33. The van der Waals surface area contributed by atoms with Crippen molar-refractivity contribution in [3.8, 4) is 0 Å². The summed E-state index contributed by atoms with van der Waals surface area (Å²) in [7, 11) is 0. The second kappa shape index (κ2) is 5.07. The first-order chi connectivity index (χ1) is 9.79. The molecule has 1 atom stereocenters. The summed E-state index contributed by atoms with van der Waals surface area (Å²) in [6.45, 7) is 0. The molecule has 1 aromatic carbocycles. The molecule has 2 aromatic heterocycles. The fourth-order valence-electron chi connectivity index (χ4n) is 3.02. The first-order valence-electron chi connectivity index (χ1n) is 6.91. The van der Waals surface area contributed by atoms with Crippen molar-refractivity contribution in [2.24, 2.45) is 0 Å². The Morgan fingerprint density at radius 2 is 2.20 bits per heavy atom. The molecule has 4 heteroatoms. The van der Waals surface area contributed by atoms with Gasteiger partial charge in [0.25, 0.3) is 0 Å². The van der Waals surface area contributed by atoms with Crippen LogP contribution in [0.3, 0.4) is 0 Å². The van der Waals surface area contributed by atoms with Crippen LogP contribution >= 0.6 is 33.9 Å². The summed E-state index contributed by atoms with van der Waals surface area (Å²) in [4.78, 5) is 4.81. The molecule has 2 nitrogen and oxygen atoms in total. The van der Waals surface area contributed by atoms with E-state index in [0.29, 0.717) is 6.04 Å². The van der Waals surface area contributed by atoms with Gasteiger partial charge in [0.2, 0.25) is 0 Å². The van der Waals surface area contributed by atoms with Crippen LogP contribution < -0.4 is 5.32 Å². The van der Waals surface area contributed by atoms with Crippen molar-refractivity contribution in [1.82, 2.24) is 4.98 Å². The average Bonchev–Trinajstić information content (AvgIpc) is 3.04. The van der Waals surface area contributed by atoms with Crippen LogP contribution in [0, 0.1) is 2.88 Å². The zero-order valence-corrected chi connectivity index (χ0v) is 13.9. The smallest absolute Gasteiger partial charge is 0.0660 e. The third-order valence-electron chi connectivity index (χ3n) is 3.98. The summed E-state index contributed by atoms with van der Waals surface area (Å²) in [5, 5.41) is 4.99. The highest BCUT2D eigenvalue weighted by Gasteiger charge is 2.22. The number of hydrogen-bond donors (Lipinski definition) is 2. The molecule has 20 heavy (non-hydrogen) atoms. The number of halogens is 1. The van der Waals surface area contributed by atoms with Gasteiger partial charge in [-0.15, -0.1) is 11.3 Å². The molecule has 0 amide bonds. The first kappa shape index (κ1) is 12.7. The molecule has 4 rings (SSSR count). The number of nitrogens with one attached hydrogen (secondary N) is 2. The third-order valence-corrected chi connectivity index (χ3v) is 5.95. The van der Waals surface area contributed by atoms with Gasteiger partial charge in [-0.2, -0.15) is 0 Å². The van der Waals surface area contributed by atoms with Crippen LogP contribution in [0.4, 0.5) is 5.69 Å². The van der Waals surface area contributed by atoms with Gasteiger partial charge in [-0.3, -0.25) is 0 Å². The maximum Gasteiger partial charge on any atom is 0.0660 e. The largest absolute Gasteiger partial charge is 0.378 e. The van der Waals surface area contributed by atoms with Crippen molar-refractivity contribution < 1.29 is 0 Å². The van der Waals surface area contributed by atoms with Crippen LogP contribution in [0.5, 0.6) is 0 Å². The predicted molar refractivity (Wildman–Crippen MR) is 94.6 cm³/mol. The quantitative estimate of drug-likeness (QED) is 0.566. The molecule has 2 N–H and O–H groups in total. The molecule has 0 saturated heterocycles. The number of rotatable bonds is 2. The molecule has 2 heterocycles. The van der Waals surface area contributed by atoms with Crippen molar-refractivity contribution >= 4 is 50.5 Å². The lowest BCUT2D eigenvalue weighted by Crippen LogP contribution is -2.15. The normalized spacial score (nSPS) is 18.1. The molecule has 102 valence electrons. The number of thiophene rings is 1. The highest BCUT2D eigenvalue weighted by atomic mass is 127. The van der Waals surface area contributed by atoms with Gasteiger partial charge < -0.3 is 10.3 Å². The summed E-state index contributed by atoms with van der Waals surface area (Å²) in [5.41, 5.74) is 3.93. The average molecular weight is 394 g/mol. The van der Waals surface area contributed by atoms with Crippen molar-refractivity contribution in [3.63, 3.8) is 0 Å². The van der Waals surface area contributed by atoms with Crippen molar-refractivity contribution in [2.45, 2.75) is 25.3 Å². The maximum absolute atomic E-state index is 3.72. The number of aromatic amines is 1. The summed E-state index contributed by atoms with van der Waals surface area (Å²) < 4.78 is 1.40. The van der Waals surface area contributed by atoms with Crippen LogP contribution in [0.15, 0.2) is 36.5 Å². The molecule has 0 aliphatic heterocycles. The maximum atomic E-state index is 3.72. The second-order valence-electron chi connectivity index (χ2n) is 5.30. The minimum absolute atomic E-state index is 0.468. The Kier molecular flexibility index (Phi) is 3.22. The van der Waals surface area contributed by atoms with E-state index in [1.165, 1.54) is 44.3 Å². The first-order valence-corrected chi connectivity index (χ1v) is 8.81. The predicted octanol–water partition coefficient (Wildman–Crippen LogP) is 5.32. The number of fused-ring (bicyclic) bond motifs is 2. The molecule has 0 fully saturated rings. The van der Waals surface area contributed by atoms with E-state index in [-0.39, 0.29) is 0 Å². The Bertz CT molecular complexity index is 759. The van der Waals surface area contributed by atoms with Gasteiger partial charge in [0.05, 0.1) is 8.93 Å². The molecular weight excluding hydrogens is 379 g/mol.